The van der Waals surface area contributed by atoms with E-state index in [2.05, 4.69) is 10.1 Å². The standard InChI is InChI=1S/C19H16N4O9/c1-30-18(26)15-5-3-11(32-15)8-22-17(25)12(21-19(22)27)6-10-2-4-14(31-9-16(20)24)13(7-10)23(28)29/h2-7H,8-9H2,1H3,(H2,20,24)(H,21,27). The summed E-state index contributed by atoms with van der Waals surface area (Å²) in [5.41, 5.74) is 4.60. The summed E-state index contributed by atoms with van der Waals surface area (Å²) in [7, 11) is 1.18. The molecule has 32 heavy (non-hydrogen) atoms. The highest BCUT2D eigenvalue weighted by Crippen LogP contribution is 2.29. The van der Waals surface area contributed by atoms with Gasteiger partial charge >= 0.3 is 17.7 Å². The average Bonchev–Trinajstić information content (AvgIpc) is 3.32. The van der Waals surface area contributed by atoms with Gasteiger partial charge in [0.05, 0.1) is 18.6 Å². The van der Waals surface area contributed by atoms with Crippen molar-refractivity contribution in [1.29, 1.82) is 0 Å². The second-order valence-electron chi connectivity index (χ2n) is 6.38. The van der Waals surface area contributed by atoms with E-state index in [1.807, 2.05) is 0 Å². The smallest absolute Gasteiger partial charge is 0.373 e. The summed E-state index contributed by atoms with van der Waals surface area (Å²) >= 11 is 0. The highest BCUT2D eigenvalue weighted by molar-refractivity contribution is 6.13. The van der Waals surface area contributed by atoms with E-state index in [1.165, 1.54) is 37.5 Å². The number of hydrogen-bond acceptors (Lipinski definition) is 9. The van der Waals surface area contributed by atoms with Crippen molar-refractivity contribution in [1.82, 2.24) is 10.2 Å². The zero-order chi connectivity index (χ0) is 23.4. The lowest BCUT2D eigenvalue weighted by Crippen LogP contribution is -2.30. The molecule has 1 saturated heterocycles. The number of methoxy groups -OCH3 is 1. The Bertz CT molecular complexity index is 1150. The Morgan fingerprint density at radius 2 is 2.03 bits per heavy atom. The summed E-state index contributed by atoms with van der Waals surface area (Å²) < 4.78 is 14.8. The number of benzene rings is 1. The quantitative estimate of drug-likeness (QED) is 0.196. The Morgan fingerprint density at radius 3 is 2.69 bits per heavy atom. The number of carbonyl (C=O) groups is 4. The van der Waals surface area contributed by atoms with Crippen LogP contribution < -0.4 is 15.8 Å². The molecule has 3 rings (SSSR count). The molecule has 1 aliphatic rings. The van der Waals surface area contributed by atoms with Crippen molar-refractivity contribution in [3.05, 3.63) is 63.2 Å². The van der Waals surface area contributed by atoms with Gasteiger partial charge in [-0.2, -0.15) is 0 Å². The van der Waals surface area contributed by atoms with E-state index in [0.29, 0.717) is 0 Å². The molecular formula is C19H16N4O9. The molecule has 0 aliphatic carbocycles. The molecule has 13 heteroatoms. The molecule has 4 amide bonds. The molecule has 3 N–H and O–H groups in total. The fourth-order valence-electron chi connectivity index (χ4n) is 2.75. The number of nitrogens with zero attached hydrogens (tertiary/aromatic N) is 2. The van der Waals surface area contributed by atoms with E-state index >= 15 is 0 Å². The number of rotatable bonds is 8. The van der Waals surface area contributed by atoms with Gasteiger partial charge in [-0.3, -0.25) is 24.6 Å². The highest BCUT2D eigenvalue weighted by Gasteiger charge is 2.34. The lowest BCUT2D eigenvalue weighted by molar-refractivity contribution is -0.385. The lowest BCUT2D eigenvalue weighted by atomic mass is 10.1. The molecule has 13 nitrogen and oxygen atoms in total. The topological polar surface area (TPSA) is 184 Å². The molecule has 2 heterocycles. The SMILES string of the molecule is COC(=O)c1ccc(CN2C(=O)NC(=Cc3ccc(OCC(N)=O)c([N+](=O)[O-])c3)C2=O)o1. The number of urea groups is 1. The number of primary amides is 1. The second kappa shape index (κ2) is 8.99. The molecule has 1 aliphatic heterocycles. The van der Waals surface area contributed by atoms with E-state index in [1.54, 1.807) is 0 Å². The van der Waals surface area contributed by atoms with E-state index in [4.69, 9.17) is 14.9 Å². The first-order valence-corrected chi connectivity index (χ1v) is 8.90. The van der Waals surface area contributed by atoms with Crippen LogP contribution in [-0.4, -0.2) is 47.4 Å². The van der Waals surface area contributed by atoms with Crippen molar-refractivity contribution in [2.45, 2.75) is 6.54 Å². The molecule has 1 fully saturated rings. The molecule has 0 unspecified atom stereocenters. The number of nitro benzene ring substituents is 1. The third kappa shape index (κ3) is 4.72. The summed E-state index contributed by atoms with van der Waals surface area (Å²) in [5, 5.41) is 13.7. The normalized spacial score (nSPS) is 14.4. The zero-order valence-corrected chi connectivity index (χ0v) is 16.5. The van der Waals surface area contributed by atoms with Crippen LogP contribution >= 0.6 is 0 Å². The van der Waals surface area contributed by atoms with Gasteiger partial charge < -0.3 is 24.9 Å². The molecule has 0 saturated carbocycles. The van der Waals surface area contributed by atoms with Gasteiger partial charge in [0.15, 0.2) is 12.4 Å². The maximum atomic E-state index is 12.6. The predicted molar refractivity (Wildman–Crippen MR) is 105 cm³/mol. The maximum absolute atomic E-state index is 12.6. The van der Waals surface area contributed by atoms with Crippen LogP contribution in [-0.2, 0) is 20.9 Å². The number of nitro groups is 1. The third-order valence-electron chi connectivity index (χ3n) is 4.19. The van der Waals surface area contributed by atoms with Gasteiger partial charge in [0, 0.05) is 6.07 Å². The number of ether oxygens (including phenoxy) is 2. The fourth-order valence-corrected chi connectivity index (χ4v) is 2.75. The first kappa shape index (κ1) is 22.0. The van der Waals surface area contributed by atoms with Crippen molar-refractivity contribution in [2.24, 2.45) is 5.73 Å². The number of carbonyl (C=O) groups excluding carboxylic acids is 4. The Morgan fingerprint density at radius 1 is 1.28 bits per heavy atom. The van der Waals surface area contributed by atoms with E-state index in [9.17, 15) is 29.3 Å². The van der Waals surface area contributed by atoms with Gasteiger partial charge in [0.2, 0.25) is 5.76 Å². The van der Waals surface area contributed by atoms with Gasteiger partial charge in [-0.1, -0.05) is 6.07 Å². The Kier molecular flexibility index (Phi) is 6.19. The van der Waals surface area contributed by atoms with Crippen LogP contribution in [0.4, 0.5) is 10.5 Å². The largest absolute Gasteiger partial charge is 0.477 e. The molecule has 0 spiro atoms. The first-order chi connectivity index (χ1) is 15.2. The van der Waals surface area contributed by atoms with Gasteiger partial charge in [-0.25, -0.2) is 9.59 Å². The van der Waals surface area contributed by atoms with Crippen molar-refractivity contribution in [2.75, 3.05) is 13.7 Å². The van der Waals surface area contributed by atoms with Crippen LogP contribution in [0.15, 0.2) is 40.4 Å². The minimum Gasteiger partial charge on any atom is -0.477 e. The third-order valence-corrected chi connectivity index (χ3v) is 4.19. The van der Waals surface area contributed by atoms with Crippen molar-refractivity contribution in [3.8, 4) is 5.75 Å². The van der Waals surface area contributed by atoms with Crippen LogP contribution in [0.5, 0.6) is 5.75 Å². The van der Waals surface area contributed by atoms with Crippen molar-refractivity contribution >= 4 is 35.6 Å². The van der Waals surface area contributed by atoms with Gasteiger partial charge in [0.1, 0.15) is 11.5 Å². The number of furan rings is 1. The van der Waals surface area contributed by atoms with Crippen LogP contribution in [0.2, 0.25) is 0 Å². The number of nitrogens with two attached hydrogens (primary N) is 1. The number of hydrogen-bond donors (Lipinski definition) is 2. The van der Waals surface area contributed by atoms with Gasteiger partial charge in [-0.15, -0.1) is 0 Å². The number of imide groups is 1. The molecular weight excluding hydrogens is 428 g/mol. The zero-order valence-electron chi connectivity index (χ0n) is 16.5. The van der Waals surface area contributed by atoms with Crippen molar-refractivity contribution < 1.29 is 38.0 Å². The Labute approximate surface area is 179 Å². The maximum Gasteiger partial charge on any atom is 0.373 e. The number of nitrogens with one attached hydrogen (secondary N) is 1. The molecule has 0 atom stereocenters. The average molecular weight is 444 g/mol. The van der Waals surface area contributed by atoms with Crippen LogP contribution in [0.3, 0.4) is 0 Å². The van der Waals surface area contributed by atoms with Crippen LogP contribution in [0, 0.1) is 10.1 Å². The summed E-state index contributed by atoms with van der Waals surface area (Å²) in [6.07, 6.45) is 1.24. The molecule has 1 aromatic carbocycles. The summed E-state index contributed by atoms with van der Waals surface area (Å²) in [6.45, 7) is -0.797. The van der Waals surface area contributed by atoms with E-state index < -0.39 is 41.0 Å². The number of amides is 4. The summed E-state index contributed by atoms with van der Waals surface area (Å²) in [4.78, 5) is 58.5. The lowest BCUT2D eigenvalue weighted by Gasteiger charge is -2.09. The molecule has 0 radical (unpaired) electrons. The number of esters is 1. The minimum atomic E-state index is -0.805. The predicted octanol–water partition coefficient (Wildman–Crippen LogP) is 0.931. The summed E-state index contributed by atoms with van der Waals surface area (Å²) in [6, 6.07) is 5.77. The first-order valence-electron chi connectivity index (χ1n) is 8.90. The molecule has 0 bridgehead atoms. The molecule has 2 aromatic rings. The Hall–Kier alpha value is -4.68. The van der Waals surface area contributed by atoms with Gasteiger partial charge in [-0.05, 0) is 29.8 Å². The van der Waals surface area contributed by atoms with E-state index in [0.717, 1.165) is 11.0 Å². The second-order valence-corrected chi connectivity index (χ2v) is 6.38. The molecule has 1 aromatic heterocycles. The van der Waals surface area contributed by atoms with Crippen molar-refractivity contribution in [3.63, 3.8) is 0 Å². The summed E-state index contributed by atoms with van der Waals surface area (Å²) in [5.74, 6) is -2.32. The molecule has 166 valence electrons. The van der Waals surface area contributed by atoms with E-state index in [-0.39, 0.29) is 35.1 Å². The van der Waals surface area contributed by atoms with Crippen LogP contribution in [0.25, 0.3) is 6.08 Å². The Balaban J connectivity index is 1.80. The van der Waals surface area contributed by atoms with Gasteiger partial charge in [0.25, 0.3) is 11.8 Å². The monoisotopic (exact) mass is 444 g/mol. The van der Waals surface area contributed by atoms with Crippen LogP contribution in [0.1, 0.15) is 21.9 Å². The fraction of sp³-hybridized carbons (Fsp3) is 0.158. The minimum absolute atomic E-state index is 0.0868. The highest BCUT2D eigenvalue weighted by atomic mass is 16.6.